The van der Waals surface area contributed by atoms with Crippen LogP contribution in [0.25, 0.3) is 16.9 Å². The summed E-state index contributed by atoms with van der Waals surface area (Å²) in [4.78, 5) is 11.4. The average Bonchev–Trinajstić information content (AvgIpc) is 3.15. The van der Waals surface area contributed by atoms with Crippen molar-refractivity contribution in [3.05, 3.63) is 36.2 Å². The molecule has 8 nitrogen and oxygen atoms in total. The first-order valence-corrected chi connectivity index (χ1v) is 8.78. The van der Waals surface area contributed by atoms with Gasteiger partial charge in [-0.05, 0) is 12.1 Å². The maximum absolute atomic E-state index is 9.72. The topological polar surface area (TPSA) is 81.9 Å². The van der Waals surface area contributed by atoms with Gasteiger partial charge in [0.2, 0.25) is 0 Å². The molecule has 3 heterocycles. The van der Waals surface area contributed by atoms with Crippen molar-refractivity contribution in [2.75, 3.05) is 45.4 Å². The van der Waals surface area contributed by atoms with Crippen molar-refractivity contribution in [2.45, 2.75) is 6.61 Å². The van der Waals surface area contributed by atoms with Crippen LogP contribution in [0.15, 0.2) is 30.6 Å². The van der Waals surface area contributed by atoms with Gasteiger partial charge in [-0.15, -0.1) is 0 Å². The van der Waals surface area contributed by atoms with Gasteiger partial charge in [-0.3, -0.25) is 4.57 Å². The van der Waals surface area contributed by atoms with E-state index < -0.39 is 0 Å². The molecule has 0 spiro atoms. The van der Waals surface area contributed by atoms with Crippen LogP contribution < -0.4 is 14.4 Å². The Bertz CT molecular complexity index is 950. The van der Waals surface area contributed by atoms with E-state index >= 15 is 0 Å². The Morgan fingerprint density at radius 1 is 1.11 bits per heavy atom. The Morgan fingerprint density at radius 3 is 2.56 bits per heavy atom. The smallest absolute Gasteiger partial charge is 0.163 e. The maximum Gasteiger partial charge on any atom is 0.163 e. The number of nitrogens with zero attached hydrogens (tertiary/aromatic N) is 4. The minimum absolute atomic E-state index is 0.0599. The molecule has 8 heteroatoms. The highest BCUT2D eigenvalue weighted by atomic mass is 16.5. The zero-order valence-corrected chi connectivity index (χ0v) is 15.4. The van der Waals surface area contributed by atoms with E-state index in [1.54, 1.807) is 20.5 Å². The summed E-state index contributed by atoms with van der Waals surface area (Å²) < 4.78 is 18.1. The summed E-state index contributed by atoms with van der Waals surface area (Å²) in [6, 6.07) is 7.51. The van der Waals surface area contributed by atoms with E-state index in [9.17, 15) is 5.11 Å². The summed E-state index contributed by atoms with van der Waals surface area (Å²) in [6.45, 7) is 2.75. The summed E-state index contributed by atoms with van der Waals surface area (Å²) in [7, 11) is 3.21. The van der Waals surface area contributed by atoms with Gasteiger partial charge in [0, 0.05) is 30.8 Å². The molecule has 0 unspecified atom stereocenters. The van der Waals surface area contributed by atoms with Gasteiger partial charge in [0.1, 0.15) is 18.0 Å². The molecule has 4 rings (SSSR count). The third-order valence-electron chi connectivity index (χ3n) is 4.72. The molecule has 1 aliphatic rings. The summed E-state index contributed by atoms with van der Waals surface area (Å²) >= 11 is 0. The molecular formula is C19H22N4O4. The van der Waals surface area contributed by atoms with Crippen LogP contribution in [0.5, 0.6) is 11.5 Å². The Kier molecular flexibility index (Phi) is 4.83. The summed E-state index contributed by atoms with van der Waals surface area (Å²) in [5.74, 6) is 2.77. The molecule has 0 bridgehead atoms. The second kappa shape index (κ2) is 7.42. The fourth-order valence-electron chi connectivity index (χ4n) is 3.29. The fraction of sp³-hybridized carbons (Fsp3) is 0.368. The second-order valence-electron chi connectivity index (χ2n) is 6.22. The zero-order chi connectivity index (χ0) is 18.8. The van der Waals surface area contributed by atoms with Crippen molar-refractivity contribution in [1.29, 1.82) is 0 Å². The molecule has 3 aromatic rings. The van der Waals surface area contributed by atoms with Crippen molar-refractivity contribution < 1.29 is 19.3 Å². The maximum atomic E-state index is 9.72. The van der Waals surface area contributed by atoms with E-state index in [4.69, 9.17) is 19.2 Å². The molecule has 1 N–H and O–H groups in total. The monoisotopic (exact) mass is 370 g/mol. The standard InChI is InChI=1S/C19H22N4O4/c1-25-16-9-14-15(10-17(16)26-2)23(12-20-14)18-4-3-13(11-24)19(21-18)22-5-7-27-8-6-22/h3-4,9-10,12,24H,5-8,11H2,1-2H3. The van der Waals surface area contributed by atoms with Crippen molar-refractivity contribution >= 4 is 16.9 Å². The number of pyridine rings is 1. The zero-order valence-electron chi connectivity index (χ0n) is 15.4. The summed E-state index contributed by atoms with van der Waals surface area (Å²) in [5, 5.41) is 9.72. The first-order chi connectivity index (χ1) is 13.2. The molecule has 0 aliphatic carbocycles. The SMILES string of the molecule is COc1cc2ncn(-c3ccc(CO)c(N4CCOCC4)n3)c2cc1OC. The van der Waals surface area contributed by atoms with Gasteiger partial charge in [-0.25, -0.2) is 9.97 Å². The number of benzene rings is 1. The fourth-order valence-corrected chi connectivity index (χ4v) is 3.29. The molecule has 1 saturated heterocycles. The van der Waals surface area contributed by atoms with Crippen molar-refractivity contribution in [1.82, 2.24) is 14.5 Å². The number of fused-ring (bicyclic) bond motifs is 1. The van der Waals surface area contributed by atoms with E-state index in [0.29, 0.717) is 24.7 Å². The lowest BCUT2D eigenvalue weighted by molar-refractivity contribution is 0.122. The molecule has 0 radical (unpaired) electrons. The molecule has 0 amide bonds. The van der Waals surface area contributed by atoms with E-state index in [0.717, 1.165) is 41.3 Å². The molecule has 1 aromatic carbocycles. The van der Waals surface area contributed by atoms with Gasteiger partial charge >= 0.3 is 0 Å². The third-order valence-corrected chi connectivity index (χ3v) is 4.72. The highest BCUT2D eigenvalue weighted by Gasteiger charge is 2.18. The number of aromatic nitrogens is 3. The lowest BCUT2D eigenvalue weighted by atomic mass is 10.2. The number of hydrogen-bond donors (Lipinski definition) is 1. The highest BCUT2D eigenvalue weighted by Crippen LogP contribution is 2.33. The number of morpholine rings is 1. The van der Waals surface area contributed by atoms with Crippen LogP contribution in [0.1, 0.15) is 5.56 Å². The molecule has 2 aromatic heterocycles. The van der Waals surface area contributed by atoms with Gasteiger partial charge in [0.25, 0.3) is 0 Å². The number of hydrogen-bond acceptors (Lipinski definition) is 7. The van der Waals surface area contributed by atoms with Gasteiger partial charge < -0.3 is 24.2 Å². The predicted molar refractivity (Wildman–Crippen MR) is 101 cm³/mol. The Morgan fingerprint density at radius 2 is 1.85 bits per heavy atom. The number of imidazole rings is 1. The number of methoxy groups -OCH3 is 2. The van der Waals surface area contributed by atoms with Gasteiger partial charge in [0.05, 0.1) is 45.1 Å². The Balaban J connectivity index is 1.81. The van der Waals surface area contributed by atoms with Crippen LogP contribution in [0, 0.1) is 0 Å². The normalized spacial score (nSPS) is 14.6. The molecular weight excluding hydrogens is 348 g/mol. The minimum atomic E-state index is -0.0599. The largest absolute Gasteiger partial charge is 0.493 e. The molecule has 1 fully saturated rings. The lowest BCUT2D eigenvalue weighted by Gasteiger charge is -2.29. The van der Waals surface area contributed by atoms with Crippen LogP contribution in [-0.2, 0) is 11.3 Å². The number of rotatable bonds is 5. The van der Waals surface area contributed by atoms with Gasteiger partial charge in [-0.1, -0.05) is 0 Å². The number of aliphatic hydroxyl groups excluding tert-OH is 1. The van der Waals surface area contributed by atoms with E-state index in [1.165, 1.54) is 0 Å². The lowest BCUT2D eigenvalue weighted by Crippen LogP contribution is -2.37. The van der Waals surface area contributed by atoms with Crippen molar-refractivity contribution in [3.8, 4) is 17.3 Å². The summed E-state index contributed by atoms with van der Waals surface area (Å²) in [6.07, 6.45) is 1.73. The van der Waals surface area contributed by atoms with Gasteiger partial charge in [-0.2, -0.15) is 0 Å². The van der Waals surface area contributed by atoms with E-state index in [-0.39, 0.29) is 6.61 Å². The second-order valence-corrected chi connectivity index (χ2v) is 6.22. The van der Waals surface area contributed by atoms with Crippen LogP contribution in [0.3, 0.4) is 0 Å². The minimum Gasteiger partial charge on any atom is -0.493 e. The number of aliphatic hydroxyl groups is 1. The Hall–Kier alpha value is -2.84. The third kappa shape index (κ3) is 3.17. The predicted octanol–water partition coefficient (Wildman–Crippen LogP) is 1.77. The summed E-state index contributed by atoms with van der Waals surface area (Å²) in [5.41, 5.74) is 2.45. The van der Waals surface area contributed by atoms with Crippen molar-refractivity contribution in [3.63, 3.8) is 0 Å². The first kappa shape index (κ1) is 17.6. The Labute approximate surface area is 156 Å². The quantitative estimate of drug-likeness (QED) is 0.733. The van der Waals surface area contributed by atoms with Crippen molar-refractivity contribution in [2.24, 2.45) is 0 Å². The number of ether oxygens (including phenoxy) is 3. The number of anilines is 1. The van der Waals surface area contributed by atoms with E-state index in [1.807, 2.05) is 28.8 Å². The molecule has 1 aliphatic heterocycles. The van der Waals surface area contributed by atoms with Crippen LogP contribution in [-0.4, -0.2) is 60.2 Å². The van der Waals surface area contributed by atoms with Crippen LogP contribution in [0.2, 0.25) is 0 Å². The van der Waals surface area contributed by atoms with Crippen LogP contribution in [0.4, 0.5) is 5.82 Å². The van der Waals surface area contributed by atoms with E-state index in [2.05, 4.69) is 9.88 Å². The van der Waals surface area contributed by atoms with Gasteiger partial charge in [0.15, 0.2) is 11.5 Å². The molecule has 142 valence electrons. The average molecular weight is 370 g/mol. The molecule has 0 saturated carbocycles. The molecule has 0 atom stereocenters. The molecule has 27 heavy (non-hydrogen) atoms. The highest BCUT2D eigenvalue weighted by molar-refractivity contribution is 5.81. The first-order valence-electron chi connectivity index (χ1n) is 8.78. The van der Waals surface area contributed by atoms with Crippen LogP contribution >= 0.6 is 0 Å².